The smallest absolute Gasteiger partial charge is 0.323 e. The fraction of sp³-hybridized carbons (Fsp3) is 0.467. The molecule has 0 saturated carbocycles. The molecule has 0 fully saturated rings. The topological polar surface area (TPSA) is 96.5 Å². The number of carboxylic acids is 1. The van der Waals surface area contributed by atoms with E-state index in [0.29, 0.717) is 24.7 Å². The molecule has 0 aliphatic rings. The lowest BCUT2D eigenvalue weighted by Gasteiger charge is -2.22. The van der Waals surface area contributed by atoms with Crippen LogP contribution in [0, 0.1) is 5.92 Å². The van der Waals surface area contributed by atoms with Crippen LogP contribution in [-0.4, -0.2) is 45.1 Å². The van der Waals surface area contributed by atoms with Crippen LogP contribution in [0.4, 0.5) is 0 Å². The van der Waals surface area contributed by atoms with Crippen molar-refractivity contribution in [2.75, 3.05) is 13.1 Å². The summed E-state index contributed by atoms with van der Waals surface area (Å²) in [6.07, 6.45) is 0.442. The summed E-state index contributed by atoms with van der Waals surface area (Å²) in [7, 11) is 0. The molecular formula is C15H19N3O4S. The Labute approximate surface area is 137 Å². The van der Waals surface area contributed by atoms with Crippen molar-refractivity contribution in [2.24, 2.45) is 5.92 Å². The zero-order valence-corrected chi connectivity index (χ0v) is 13.9. The van der Waals surface area contributed by atoms with E-state index in [1.165, 1.54) is 16.2 Å². The molecule has 1 N–H and O–H groups in total. The van der Waals surface area contributed by atoms with Crippen molar-refractivity contribution in [1.29, 1.82) is 0 Å². The predicted molar refractivity (Wildman–Crippen MR) is 85.0 cm³/mol. The number of carbonyl (C=O) groups is 2. The minimum atomic E-state index is -1.02. The molecule has 2 aromatic rings. The third-order valence-corrected chi connectivity index (χ3v) is 3.89. The first-order chi connectivity index (χ1) is 11.0. The van der Waals surface area contributed by atoms with Crippen LogP contribution < -0.4 is 0 Å². The van der Waals surface area contributed by atoms with Crippen LogP contribution >= 0.6 is 11.3 Å². The first-order valence-electron chi connectivity index (χ1n) is 7.31. The zero-order chi connectivity index (χ0) is 16.8. The quantitative estimate of drug-likeness (QED) is 0.794. The Kier molecular flexibility index (Phi) is 5.86. The van der Waals surface area contributed by atoms with Crippen LogP contribution in [0.25, 0.3) is 10.7 Å². The lowest BCUT2D eigenvalue weighted by molar-refractivity contribution is -0.144. The van der Waals surface area contributed by atoms with Crippen LogP contribution in [0.15, 0.2) is 22.0 Å². The molecule has 0 saturated heterocycles. The fourth-order valence-electron chi connectivity index (χ4n) is 2.09. The summed E-state index contributed by atoms with van der Waals surface area (Å²) in [5, 5.41) is 14.7. The monoisotopic (exact) mass is 337 g/mol. The molecule has 7 nitrogen and oxygen atoms in total. The van der Waals surface area contributed by atoms with Gasteiger partial charge in [-0.15, -0.1) is 11.3 Å². The van der Waals surface area contributed by atoms with Crippen molar-refractivity contribution in [3.8, 4) is 10.7 Å². The van der Waals surface area contributed by atoms with Crippen LogP contribution in [0.2, 0.25) is 0 Å². The molecule has 0 unspecified atom stereocenters. The predicted octanol–water partition coefficient (Wildman–Crippen LogP) is 2.30. The van der Waals surface area contributed by atoms with Gasteiger partial charge in [-0.3, -0.25) is 9.59 Å². The molecular weight excluding hydrogens is 318 g/mol. The van der Waals surface area contributed by atoms with Gasteiger partial charge in [0.05, 0.1) is 4.88 Å². The minimum absolute atomic E-state index is 0.145. The van der Waals surface area contributed by atoms with Gasteiger partial charge in [0.2, 0.25) is 17.6 Å². The average Bonchev–Trinajstić information content (AvgIpc) is 3.13. The maximum Gasteiger partial charge on any atom is 0.323 e. The summed E-state index contributed by atoms with van der Waals surface area (Å²) in [5.74, 6) is -0.158. The molecule has 0 aliphatic heterocycles. The van der Waals surface area contributed by atoms with E-state index in [2.05, 4.69) is 10.1 Å². The van der Waals surface area contributed by atoms with Crippen LogP contribution in [-0.2, 0) is 16.0 Å². The second kappa shape index (κ2) is 7.87. The largest absolute Gasteiger partial charge is 0.480 e. The van der Waals surface area contributed by atoms with Crippen LogP contribution in [0.3, 0.4) is 0 Å². The number of hydrogen-bond acceptors (Lipinski definition) is 6. The van der Waals surface area contributed by atoms with Crippen molar-refractivity contribution < 1.29 is 19.2 Å². The van der Waals surface area contributed by atoms with Gasteiger partial charge in [0, 0.05) is 19.4 Å². The number of amides is 1. The van der Waals surface area contributed by atoms with E-state index in [0.717, 1.165) is 4.88 Å². The molecule has 2 rings (SSSR count). The molecule has 0 aliphatic carbocycles. The number of thiophene rings is 1. The number of aliphatic carboxylic acids is 1. The summed E-state index contributed by atoms with van der Waals surface area (Å²) in [6.45, 7) is 4.00. The molecule has 0 spiro atoms. The van der Waals surface area contributed by atoms with Crippen molar-refractivity contribution in [2.45, 2.75) is 26.7 Å². The van der Waals surface area contributed by atoms with Gasteiger partial charge in [0.15, 0.2) is 0 Å². The molecule has 0 atom stereocenters. The number of carbonyl (C=O) groups excluding carboxylic acids is 1. The average molecular weight is 337 g/mol. The van der Waals surface area contributed by atoms with E-state index >= 15 is 0 Å². The highest BCUT2D eigenvalue weighted by Gasteiger charge is 2.19. The number of aryl methyl sites for hydroxylation is 1. The second-order valence-corrected chi connectivity index (χ2v) is 6.50. The van der Waals surface area contributed by atoms with E-state index in [9.17, 15) is 9.59 Å². The second-order valence-electron chi connectivity index (χ2n) is 5.55. The van der Waals surface area contributed by atoms with E-state index in [1.807, 2.05) is 31.4 Å². The lowest BCUT2D eigenvalue weighted by atomic mass is 10.2. The molecule has 23 heavy (non-hydrogen) atoms. The number of hydrogen-bond donors (Lipinski definition) is 1. The Balaban J connectivity index is 1.93. The minimum Gasteiger partial charge on any atom is -0.480 e. The third kappa shape index (κ3) is 5.17. The zero-order valence-electron chi connectivity index (χ0n) is 13.1. The normalized spacial score (nSPS) is 10.9. The molecule has 1 amide bonds. The van der Waals surface area contributed by atoms with Gasteiger partial charge in [-0.2, -0.15) is 4.98 Å². The highest BCUT2D eigenvalue weighted by molar-refractivity contribution is 7.13. The van der Waals surface area contributed by atoms with E-state index in [1.54, 1.807) is 0 Å². The highest BCUT2D eigenvalue weighted by atomic mass is 32.1. The number of nitrogens with zero attached hydrogens (tertiary/aromatic N) is 3. The summed E-state index contributed by atoms with van der Waals surface area (Å²) in [6, 6.07) is 3.79. The summed E-state index contributed by atoms with van der Waals surface area (Å²) in [4.78, 5) is 29.6. The van der Waals surface area contributed by atoms with Crippen molar-refractivity contribution in [1.82, 2.24) is 15.0 Å². The highest BCUT2D eigenvalue weighted by Crippen LogP contribution is 2.21. The molecule has 0 radical (unpaired) electrons. The van der Waals surface area contributed by atoms with Crippen molar-refractivity contribution in [3.05, 3.63) is 23.4 Å². The number of rotatable bonds is 8. The molecule has 0 aromatic carbocycles. The van der Waals surface area contributed by atoms with Gasteiger partial charge in [-0.05, 0) is 17.4 Å². The Morgan fingerprint density at radius 3 is 2.83 bits per heavy atom. The molecule has 2 heterocycles. The van der Waals surface area contributed by atoms with Gasteiger partial charge in [0.1, 0.15) is 6.54 Å². The Morgan fingerprint density at radius 1 is 1.43 bits per heavy atom. The summed E-state index contributed by atoms with van der Waals surface area (Å²) < 4.78 is 5.14. The Bertz CT molecular complexity index is 651. The van der Waals surface area contributed by atoms with Gasteiger partial charge < -0.3 is 14.5 Å². The van der Waals surface area contributed by atoms with E-state index in [4.69, 9.17) is 9.63 Å². The van der Waals surface area contributed by atoms with Crippen LogP contribution in [0.5, 0.6) is 0 Å². The molecule has 0 bridgehead atoms. The van der Waals surface area contributed by atoms with Gasteiger partial charge in [-0.25, -0.2) is 0 Å². The third-order valence-electron chi connectivity index (χ3n) is 3.03. The molecule has 2 aromatic heterocycles. The molecule has 8 heteroatoms. The SMILES string of the molecule is CC(C)CN(CC(=O)O)C(=O)CCc1nc(-c2cccs2)no1. The van der Waals surface area contributed by atoms with Crippen molar-refractivity contribution >= 4 is 23.2 Å². The van der Waals surface area contributed by atoms with Crippen LogP contribution in [0.1, 0.15) is 26.2 Å². The van der Waals surface area contributed by atoms with Crippen molar-refractivity contribution in [3.63, 3.8) is 0 Å². The maximum atomic E-state index is 12.2. The maximum absolute atomic E-state index is 12.2. The first-order valence-corrected chi connectivity index (χ1v) is 8.19. The number of carboxylic acid groups (broad SMARTS) is 1. The number of aromatic nitrogens is 2. The van der Waals surface area contributed by atoms with Gasteiger partial charge in [-0.1, -0.05) is 25.1 Å². The van der Waals surface area contributed by atoms with Gasteiger partial charge >= 0.3 is 5.97 Å². The summed E-state index contributed by atoms with van der Waals surface area (Å²) >= 11 is 1.51. The standard InChI is InChI=1S/C15H19N3O4S/c1-10(2)8-18(9-14(20)21)13(19)6-5-12-16-15(17-22-12)11-4-3-7-23-11/h3-4,7,10H,5-6,8-9H2,1-2H3,(H,20,21). The Morgan fingerprint density at radius 2 is 2.22 bits per heavy atom. The van der Waals surface area contributed by atoms with E-state index < -0.39 is 5.97 Å². The van der Waals surface area contributed by atoms with Gasteiger partial charge in [0.25, 0.3) is 0 Å². The molecule has 124 valence electrons. The summed E-state index contributed by atoms with van der Waals surface area (Å²) in [5.41, 5.74) is 0. The fourth-order valence-corrected chi connectivity index (χ4v) is 2.74. The first kappa shape index (κ1) is 17.1. The van der Waals surface area contributed by atoms with E-state index in [-0.39, 0.29) is 24.8 Å². The Hall–Kier alpha value is -2.22. The lowest BCUT2D eigenvalue weighted by Crippen LogP contribution is -2.38.